The minimum absolute atomic E-state index is 0.0956. The van der Waals surface area contributed by atoms with E-state index in [1.165, 1.54) is 19.3 Å². The summed E-state index contributed by atoms with van der Waals surface area (Å²) in [6, 6.07) is 0.342. The van der Waals surface area contributed by atoms with Crippen molar-refractivity contribution in [3.63, 3.8) is 0 Å². The molecule has 3 N–H and O–H groups in total. The monoisotopic (exact) mass is 485 g/mol. The second-order valence-corrected chi connectivity index (χ2v) is 13.1. The van der Waals surface area contributed by atoms with Crippen LogP contribution in [0.1, 0.15) is 96.8 Å². The summed E-state index contributed by atoms with van der Waals surface area (Å²) < 4.78 is 5.25. The van der Waals surface area contributed by atoms with E-state index >= 15 is 0 Å². The van der Waals surface area contributed by atoms with Crippen LogP contribution in [-0.2, 0) is 9.53 Å². The van der Waals surface area contributed by atoms with Crippen LogP contribution in [0.25, 0.3) is 0 Å². The smallest absolute Gasteiger partial charge is 0.331 e. The standard InChI is InChI=1S/C29H43NO5/c1-26-11-8-23-24(29(26,34)14-10-22(26)19-15-25(32)35-17-19)9-13-28(33)16-21(31)7-12-27(23,28)18-30-20-5-3-2-4-6-20/h15,18,20-24,31,33-34H,2-14,16-17H2,1H3/b30-18+/t21-,22?,23+,24-,26?,27?,28?,29?/m1/s1. The van der Waals surface area contributed by atoms with Crippen LogP contribution in [0.5, 0.6) is 0 Å². The lowest BCUT2D eigenvalue weighted by Crippen LogP contribution is -2.68. The van der Waals surface area contributed by atoms with Crippen molar-refractivity contribution in [1.82, 2.24) is 0 Å². The van der Waals surface area contributed by atoms with Gasteiger partial charge >= 0.3 is 5.97 Å². The quantitative estimate of drug-likeness (QED) is 0.413. The molecule has 0 amide bonds. The van der Waals surface area contributed by atoms with E-state index in [2.05, 4.69) is 13.1 Å². The molecule has 0 saturated heterocycles. The molecular formula is C29H43NO5. The van der Waals surface area contributed by atoms with Crippen LogP contribution in [0.3, 0.4) is 0 Å². The molecule has 1 heterocycles. The molecule has 0 radical (unpaired) electrons. The van der Waals surface area contributed by atoms with E-state index in [4.69, 9.17) is 9.73 Å². The Labute approximate surface area is 209 Å². The van der Waals surface area contributed by atoms with E-state index in [0.717, 1.165) is 56.9 Å². The minimum Gasteiger partial charge on any atom is -0.458 e. The lowest BCUT2D eigenvalue weighted by atomic mass is 9.41. The van der Waals surface area contributed by atoms with E-state index in [0.29, 0.717) is 31.9 Å². The van der Waals surface area contributed by atoms with Gasteiger partial charge in [-0.25, -0.2) is 4.79 Å². The number of nitrogens with zero attached hydrogens (tertiary/aromatic N) is 1. The number of hydrogen-bond donors (Lipinski definition) is 3. The van der Waals surface area contributed by atoms with Gasteiger partial charge in [0.1, 0.15) is 6.61 Å². The molecule has 5 fully saturated rings. The molecule has 0 spiro atoms. The van der Waals surface area contributed by atoms with Crippen LogP contribution in [0.15, 0.2) is 16.6 Å². The zero-order valence-electron chi connectivity index (χ0n) is 21.3. The SMILES string of the molecule is CC12CC[C@H]3[C@@H](CCC4(O)C[C@H](O)CCC34/C=N/C3CCCCC3)C1(O)CCC2C1=CC(=O)OC1. The van der Waals surface area contributed by atoms with Crippen molar-refractivity contribution >= 4 is 12.2 Å². The summed E-state index contributed by atoms with van der Waals surface area (Å²) in [7, 11) is 0. The fraction of sp³-hybridized carbons (Fsp3) is 0.862. The normalized spacial score (nSPS) is 50.4. The fourth-order valence-corrected chi connectivity index (χ4v) is 9.83. The zero-order valence-corrected chi connectivity index (χ0v) is 21.3. The van der Waals surface area contributed by atoms with Gasteiger partial charge in [-0.2, -0.15) is 0 Å². The number of carbonyl (C=O) groups excluding carboxylic acids is 1. The number of cyclic esters (lactones) is 1. The Bertz CT molecular complexity index is 926. The van der Waals surface area contributed by atoms with Gasteiger partial charge < -0.3 is 20.1 Å². The lowest BCUT2D eigenvalue weighted by Gasteiger charge is -2.65. The maximum Gasteiger partial charge on any atom is 0.331 e. The first-order valence-electron chi connectivity index (χ1n) is 14.3. The van der Waals surface area contributed by atoms with E-state index in [1.807, 2.05) is 0 Å². The van der Waals surface area contributed by atoms with E-state index < -0.39 is 22.7 Å². The van der Waals surface area contributed by atoms with Crippen molar-refractivity contribution in [2.45, 2.75) is 120 Å². The summed E-state index contributed by atoms with van der Waals surface area (Å²) in [6.45, 7) is 2.59. The Morgan fingerprint density at radius 3 is 2.49 bits per heavy atom. The summed E-state index contributed by atoms with van der Waals surface area (Å²) >= 11 is 0. The number of hydrogen-bond acceptors (Lipinski definition) is 6. The van der Waals surface area contributed by atoms with Crippen molar-refractivity contribution in [2.75, 3.05) is 6.61 Å². The molecule has 0 bridgehead atoms. The average Bonchev–Trinajstić information content (AvgIpc) is 3.38. The lowest BCUT2D eigenvalue weighted by molar-refractivity contribution is -0.237. The molecule has 6 rings (SSSR count). The summed E-state index contributed by atoms with van der Waals surface area (Å²) in [4.78, 5) is 17.0. The maximum absolute atomic E-state index is 12.5. The molecule has 1 aliphatic heterocycles. The Kier molecular flexibility index (Phi) is 5.78. The van der Waals surface area contributed by atoms with Gasteiger partial charge in [0.05, 0.1) is 17.3 Å². The third kappa shape index (κ3) is 3.45. The molecular weight excluding hydrogens is 442 g/mol. The van der Waals surface area contributed by atoms with Crippen molar-refractivity contribution in [1.29, 1.82) is 0 Å². The summed E-state index contributed by atoms with van der Waals surface area (Å²) in [6.07, 6.45) is 16.0. The highest BCUT2D eigenvalue weighted by atomic mass is 16.5. The predicted molar refractivity (Wildman–Crippen MR) is 133 cm³/mol. The average molecular weight is 486 g/mol. The van der Waals surface area contributed by atoms with Crippen LogP contribution in [0.4, 0.5) is 0 Å². The van der Waals surface area contributed by atoms with Crippen molar-refractivity contribution < 1.29 is 24.9 Å². The number of esters is 1. The van der Waals surface area contributed by atoms with Crippen molar-refractivity contribution in [2.24, 2.45) is 33.6 Å². The fourth-order valence-electron chi connectivity index (χ4n) is 9.83. The van der Waals surface area contributed by atoms with E-state index in [1.54, 1.807) is 6.08 Å². The summed E-state index contributed by atoms with van der Waals surface area (Å²) in [5.74, 6) is 0.168. The van der Waals surface area contributed by atoms with Crippen molar-refractivity contribution in [3.05, 3.63) is 11.6 Å². The van der Waals surface area contributed by atoms with E-state index in [-0.39, 0.29) is 29.1 Å². The molecule has 6 aliphatic rings. The molecule has 5 aliphatic carbocycles. The second kappa shape index (κ2) is 8.39. The number of fused-ring (bicyclic) bond motifs is 5. The van der Waals surface area contributed by atoms with Crippen LogP contribution in [-0.4, -0.2) is 57.5 Å². The largest absolute Gasteiger partial charge is 0.458 e. The van der Waals surface area contributed by atoms with E-state index in [9.17, 15) is 20.1 Å². The molecule has 5 saturated carbocycles. The third-order valence-electron chi connectivity index (χ3n) is 11.7. The number of aliphatic hydroxyl groups excluding tert-OH is 1. The summed E-state index contributed by atoms with van der Waals surface area (Å²) in [5, 5.41) is 35.2. The first-order valence-corrected chi connectivity index (χ1v) is 14.3. The van der Waals surface area contributed by atoms with Crippen LogP contribution < -0.4 is 0 Å². The topological polar surface area (TPSA) is 99.4 Å². The van der Waals surface area contributed by atoms with Gasteiger partial charge in [0.25, 0.3) is 0 Å². The molecule has 35 heavy (non-hydrogen) atoms. The highest BCUT2D eigenvalue weighted by Gasteiger charge is 2.71. The third-order valence-corrected chi connectivity index (χ3v) is 11.7. The molecule has 194 valence electrons. The molecule has 6 heteroatoms. The van der Waals surface area contributed by atoms with Crippen LogP contribution in [0.2, 0.25) is 0 Å². The highest BCUT2D eigenvalue weighted by Crippen LogP contribution is 2.70. The molecule has 6 nitrogen and oxygen atoms in total. The van der Waals surface area contributed by atoms with Crippen LogP contribution in [0, 0.1) is 28.6 Å². The summed E-state index contributed by atoms with van der Waals surface area (Å²) in [5.41, 5.74) is -1.50. The number of rotatable bonds is 3. The predicted octanol–water partition coefficient (Wildman–Crippen LogP) is 4.10. The van der Waals surface area contributed by atoms with Gasteiger partial charge in [-0.1, -0.05) is 26.2 Å². The molecule has 8 atom stereocenters. The minimum atomic E-state index is -0.958. The van der Waals surface area contributed by atoms with Gasteiger partial charge in [-0.05, 0) is 87.5 Å². The Hall–Kier alpha value is -1.24. The number of aliphatic hydroxyl groups is 3. The highest BCUT2D eigenvalue weighted by molar-refractivity contribution is 5.85. The van der Waals surface area contributed by atoms with Gasteiger partial charge in [-0.3, -0.25) is 4.99 Å². The Balaban J connectivity index is 1.36. The Morgan fingerprint density at radius 2 is 1.74 bits per heavy atom. The number of aliphatic imine (C=N–C) groups is 1. The molecule has 0 aromatic heterocycles. The molecule has 0 aromatic carbocycles. The zero-order chi connectivity index (χ0) is 24.5. The van der Waals surface area contributed by atoms with Gasteiger partial charge in [0, 0.05) is 35.6 Å². The van der Waals surface area contributed by atoms with Gasteiger partial charge in [0.2, 0.25) is 0 Å². The second-order valence-electron chi connectivity index (χ2n) is 13.1. The number of ether oxygens (including phenoxy) is 1. The van der Waals surface area contributed by atoms with Crippen molar-refractivity contribution in [3.8, 4) is 0 Å². The first-order chi connectivity index (χ1) is 16.7. The van der Waals surface area contributed by atoms with Crippen LogP contribution >= 0.6 is 0 Å². The van der Waals surface area contributed by atoms with Gasteiger partial charge in [-0.15, -0.1) is 0 Å². The first kappa shape index (κ1) is 24.1. The Morgan fingerprint density at radius 1 is 0.971 bits per heavy atom. The molecule has 5 unspecified atom stereocenters. The molecule has 0 aromatic rings. The maximum atomic E-state index is 12.5. The van der Waals surface area contributed by atoms with Gasteiger partial charge in [0.15, 0.2) is 0 Å². The number of carbonyl (C=O) groups is 1.